The molecule has 1 aliphatic rings. The monoisotopic (exact) mass is 716 g/mol. The van der Waals surface area contributed by atoms with E-state index in [-0.39, 0.29) is 26.7 Å². The van der Waals surface area contributed by atoms with Crippen molar-refractivity contribution in [3.8, 4) is 0 Å². The summed E-state index contributed by atoms with van der Waals surface area (Å²) in [6, 6.07) is 0. The summed E-state index contributed by atoms with van der Waals surface area (Å²) in [6.07, 6.45) is 11.3. The Morgan fingerprint density at radius 3 is 1.05 bits per heavy atom. The Hall–Kier alpha value is 3.36. The van der Waals surface area contributed by atoms with Crippen LogP contribution in [-0.2, 0) is 0 Å². The van der Waals surface area contributed by atoms with Gasteiger partial charge in [0.1, 0.15) is 9.70 Å². The molecule has 116 valence electrons. The first-order valence-corrected chi connectivity index (χ1v) is 11.1. The Labute approximate surface area is 177 Å². The summed E-state index contributed by atoms with van der Waals surface area (Å²) in [6.45, 7) is 0. The molecule has 0 aromatic carbocycles. The van der Waals surface area contributed by atoms with Crippen LogP contribution >= 0.6 is 113 Å². The smallest absolute Gasteiger partial charge is 0.114 e. The molecule has 1 fully saturated rings. The van der Waals surface area contributed by atoms with Gasteiger partial charge >= 0.3 is 0 Å². The van der Waals surface area contributed by atoms with Gasteiger partial charge in [-0.05, 0) is 12.8 Å². The number of alkyl halides is 6. The molecule has 19 heavy (non-hydrogen) atoms. The van der Waals surface area contributed by atoms with Crippen LogP contribution in [0.3, 0.4) is 0 Å². The molecule has 0 saturated heterocycles. The molecule has 0 aromatic heterocycles. The third-order valence-electron chi connectivity index (χ3n) is 3.40. The molecule has 0 N–H and O–H groups in total. The average Bonchev–Trinajstić information content (AvgIpc) is 2.25. The molecule has 0 amide bonds. The van der Waals surface area contributed by atoms with Crippen molar-refractivity contribution in [2.24, 2.45) is 0 Å². The molecule has 1 aliphatic carbocycles. The van der Waals surface area contributed by atoms with Crippen LogP contribution in [-0.4, -0.2) is 9.70 Å². The average molecular weight is 723 g/mol. The highest BCUT2D eigenvalue weighted by molar-refractivity contribution is 9.33. The van der Waals surface area contributed by atoms with Gasteiger partial charge in [-0.3, -0.25) is 0 Å². The van der Waals surface area contributed by atoms with Crippen LogP contribution in [0.1, 0.15) is 57.8 Å². The van der Waals surface area contributed by atoms with E-state index in [0.29, 0.717) is 0 Å². The lowest BCUT2D eigenvalue weighted by atomic mass is 10.0. The SMILES string of the molecule is Br.BrC1(Br)CCCCCCCCCC(Br)(Br)C1(Br)Br. The summed E-state index contributed by atoms with van der Waals surface area (Å²) in [4.78, 5) is 0. The van der Waals surface area contributed by atoms with Crippen molar-refractivity contribution in [3.63, 3.8) is 0 Å². The van der Waals surface area contributed by atoms with Gasteiger partial charge in [-0.15, -0.1) is 17.0 Å². The maximum absolute atomic E-state index is 3.85. The zero-order valence-electron chi connectivity index (χ0n) is 10.5. The molecule has 0 atom stereocenters. The Morgan fingerprint density at radius 1 is 0.474 bits per heavy atom. The normalized spacial score (nSPS) is 27.5. The van der Waals surface area contributed by atoms with E-state index in [1.807, 2.05) is 0 Å². The van der Waals surface area contributed by atoms with Crippen molar-refractivity contribution < 1.29 is 0 Å². The quantitative estimate of drug-likeness (QED) is 0.220. The van der Waals surface area contributed by atoms with E-state index in [1.165, 1.54) is 44.9 Å². The van der Waals surface area contributed by atoms with Crippen molar-refractivity contribution in [2.45, 2.75) is 67.5 Å². The van der Waals surface area contributed by atoms with Gasteiger partial charge in [0.05, 0.1) is 0 Å². The van der Waals surface area contributed by atoms with Gasteiger partial charge in [0, 0.05) is 0 Å². The molecule has 0 aromatic rings. The second kappa shape index (κ2) is 9.61. The zero-order valence-corrected chi connectivity index (χ0v) is 21.8. The summed E-state index contributed by atoms with van der Waals surface area (Å²) >= 11 is 23.1. The largest absolute Gasteiger partial charge is 0.130 e. The third-order valence-corrected chi connectivity index (χ3v) is 14.3. The highest BCUT2D eigenvalue weighted by Gasteiger charge is 2.56. The fourth-order valence-electron chi connectivity index (χ4n) is 2.16. The summed E-state index contributed by atoms with van der Waals surface area (Å²) in [5.41, 5.74) is 0. The molecule has 0 nitrogen and oxygen atoms in total. The molecule has 0 spiro atoms. The highest BCUT2D eigenvalue weighted by Crippen LogP contribution is 2.63. The molecule has 1 rings (SSSR count). The Balaban J connectivity index is 0.00000324. The van der Waals surface area contributed by atoms with E-state index < -0.39 is 0 Å². The molecular formula is C12H19Br7. The van der Waals surface area contributed by atoms with Crippen LogP contribution < -0.4 is 0 Å². The molecule has 1 saturated carbocycles. The van der Waals surface area contributed by atoms with Gasteiger partial charge in [-0.1, -0.05) is 141 Å². The van der Waals surface area contributed by atoms with Crippen LogP contribution in [0, 0.1) is 0 Å². The zero-order chi connectivity index (χ0) is 13.9. The van der Waals surface area contributed by atoms with Gasteiger partial charge in [0.25, 0.3) is 0 Å². The molecule has 0 aliphatic heterocycles. The summed E-state index contributed by atoms with van der Waals surface area (Å²) in [5.74, 6) is 0. The highest BCUT2D eigenvalue weighted by atomic mass is 79.9. The minimum absolute atomic E-state index is 0. The molecule has 0 unspecified atom stereocenters. The van der Waals surface area contributed by atoms with E-state index in [0.717, 1.165) is 12.8 Å². The number of hydrogen-bond acceptors (Lipinski definition) is 0. The Bertz CT molecular complexity index is 239. The lowest BCUT2D eigenvalue weighted by Gasteiger charge is -2.44. The third kappa shape index (κ3) is 6.40. The summed E-state index contributed by atoms with van der Waals surface area (Å²) in [7, 11) is 0. The lowest BCUT2D eigenvalue weighted by Crippen LogP contribution is -2.47. The van der Waals surface area contributed by atoms with Crippen LogP contribution in [0.25, 0.3) is 0 Å². The molecule has 0 bridgehead atoms. The maximum Gasteiger partial charge on any atom is 0.130 e. The molecule has 0 heterocycles. The van der Waals surface area contributed by atoms with E-state index >= 15 is 0 Å². The predicted molar refractivity (Wildman–Crippen MR) is 114 cm³/mol. The Kier molecular flexibility index (Phi) is 11.3. The Morgan fingerprint density at radius 2 is 0.737 bits per heavy atom. The minimum atomic E-state index is -0.292. The van der Waals surface area contributed by atoms with Crippen LogP contribution in [0.4, 0.5) is 0 Å². The summed E-state index contributed by atoms with van der Waals surface area (Å²) in [5, 5.41) is 0. The molecular weight excluding hydrogens is 703 g/mol. The first-order chi connectivity index (χ1) is 8.21. The number of rotatable bonds is 0. The minimum Gasteiger partial charge on any atom is -0.114 e. The van der Waals surface area contributed by atoms with E-state index in [1.54, 1.807) is 0 Å². The van der Waals surface area contributed by atoms with Crippen molar-refractivity contribution >= 4 is 113 Å². The van der Waals surface area contributed by atoms with E-state index in [9.17, 15) is 0 Å². The van der Waals surface area contributed by atoms with Gasteiger partial charge in [-0.25, -0.2) is 0 Å². The van der Waals surface area contributed by atoms with Gasteiger partial charge < -0.3 is 0 Å². The second-order valence-corrected chi connectivity index (χ2v) is 15.9. The van der Waals surface area contributed by atoms with Gasteiger partial charge in [-0.2, -0.15) is 0 Å². The molecule has 0 radical (unpaired) electrons. The lowest BCUT2D eigenvalue weighted by molar-refractivity contribution is 0.502. The number of hydrogen-bond donors (Lipinski definition) is 0. The van der Waals surface area contributed by atoms with Crippen LogP contribution in [0.5, 0.6) is 0 Å². The molecule has 7 heteroatoms. The van der Waals surface area contributed by atoms with Crippen LogP contribution in [0.15, 0.2) is 0 Å². The fourth-order valence-corrected chi connectivity index (χ4v) is 6.49. The van der Waals surface area contributed by atoms with Crippen molar-refractivity contribution in [1.29, 1.82) is 0 Å². The topological polar surface area (TPSA) is 0 Å². The predicted octanol–water partition coefficient (Wildman–Crippen LogP) is 8.55. The standard InChI is InChI=1S/C12H18Br6.BrH/c13-10(14)8-6-4-2-1-3-5-7-9-11(15,16)12(10,17)18;/h1-9H2;1H. The first-order valence-electron chi connectivity index (χ1n) is 6.34. The van der Waals surface area contributed by atoms with Gasteiger partial charge in [0.2, 0.25) is 0 Å². The van der Waals surface area contributed by atoms with E-state index in [4.69, 9.17) is 0 Å². The van der Waals surface area contributed by atoms with Gasteiger partial charge in [0.15, 0.2) is 0 Å². The summed E-state index contributed by atoms with van der Waals surface area (Å²) < 4.78 is -0.655. The van der Waals surface area contributed by atoms with E-state index in [2.05, 4.69) is 95.6 Å². The first kappa shape index (κ1) is 22.4. The van der Waals surface area contributed by atoms with Crippen molar-refractivity contribution in [3.05, 3.63) is 0 Å². The fraction of sp³-hybridized carbons (Fsp3) is 1.00. The maximum atomic E-state index is 3.85. The van der Waals surface area contributed by atoms with Crippen LogP contribution in [0.2, 0.25) is 0 Å². The number of halogens is 7. The van der Waals surface area contributed by atoms with Crippen molar-refractivity contribution in [2.75, 3.05) is 0 Å². The second-order valence-electron chi connectivity index (χ2n) is 4.96. The van der Waals surface area contributed by atoms with Crippen molar-refractivity contribution in [1.82, 2.24) is 0 Å².